The number of halogens is 1. The number of rotatable bonds is 6. The zero-order valence-corrected chi connectivity index (χ0v) is 14.0. The van der Waals surface area contributed by atoms with Crippen molar-refractivity contribution >= 4 is 12.0 Å². The molecule has 1 aromatic rings. The molecule has 1 rings (SSSR count). The van der Waals surface area contributed by atoms with Crippen molar-refractivity contribution < 1.29 is 18.7 Å². The van der Waals surface area contributed by atoms with Gasteiger partial charge in [-0.1, -0.05) is 0 Å². The van der Waals surface area contributed by atoms with E-state index in [0.717, 1.165) is 0 Å². The lowest BCUT2D eigenvalue weighted by Gasteiger charge is -2.20. The number of aromatic nitrogens is 1. The topological polar surface area (TPSA) is 72.4 Å². The summed E-state index contributed by atoms with van der Waals surface area (Å²) in [6.45, 7) is 7.88. The van der Waals surface area contributed by atoms with Gasteiger partial charge in [0.1, 0.15) is 5.60 Å². The molecule has 0 radical (unpaired) electrons. The number of alkyl carbamates (subject to hydrolysis) is 1. The van der Waals surface area contributed by atoms with Crippen LogP contribution in [0.2, 0.25) is 0 Å². The van der Waals surface area contributed by atoms with Crippen molar-refractivity contribution in [3.05, 3.63) is 35.9 Å². The van der Waals surface area contributed by atoms with Crippen molar-refractivity contribution in [2.75, 3.05) is 13.1 Å². The molecule has 0 aliphatic heterocycles. The smallest absolute Gasteiger partial charge is 0.407 e. The van der Waals surface area contributed by atoms with Gasteiger partial charge in [0, 0.05) is 32.0 Å². The van der Waals surface area contributed by atoms with E-state index in [9.17, 15) is 14.0 Å². The fourth-order valence-corrected chi connectivity index (χ4v) is 1.80. The van der Waals surface area contributed by atoms with Crippen molar-refractivity contribution in [3.63, 3.8) is 0 Å². The summed E-state index contributed by atoms with van der Waals surface area (Å²) in [5.41, 5.74) is 0.255. The fourth-order valence-electron chi connectivity index (χ4n) is 1.80. The highest BCUT2D eigenvalue weighted by Crippen LogP contribution is 2.08. The van der Waals surface area contributed by atoms with Crippen molar-refractivity contribution in [3.8, 4) is 0 Å². The Labute approximate surface area is 135 Å². The van der Waals surface area contributed by atoms with Gasteiger partial charge < -0.3 is 19.9 Å². The molecule has 0 aromatic carbocycles. The lowest BCUT2D eigenvalue weighted by Crippen LogP contribution is -2.33. The minimum Gasteiger partial charge on any atom is -0.444 e. The number of nitrogens with zero attached hydrogens (tertiary/aromatic N) is 1. The molecule has 0 saturated carbocycles. The van der Waals surface area contributed by atoms with Gasteiger partial charge in [0.2, 0.25) is 0 Å². The zero-order chi connectivity index (χ0) is 17.5. The summed E-state index contributed by atoms with van der Waals surface area (Å²) >= 11 is 0. The van der Waals surface area contributed by atoms with Crippen LogP contribution in [0, 0.1) is 0 Å². The predicted molar refractivity (Wildman–Crippen MR) is 85.9 cm³/mol. The molecule has 128 valence electrons. The lowest BCUT2D eigenvalue weighted by molar-refractivity contribution is 0.0532. The van der Waals surface area contributed by atoms with Crippen LogP contribution >= 0.6 is 0 Å². The van der Waals surface area contributed by atoms with Gasteiger partial charge in [0.15, 0.2) is 0 Å². The van der Waals surface area contributed by atoms with Gasteiger partial charge in [-0.15, -0.1) is 0 Å². The van der Waals surface area contributed by atoms with Crippen LogP contribution in [0.5, 0.6) is 0 Å². The Kier molecular flexibility index (Phi) is 6.81. The maximum atomic E-state index is 13.0. The van der Waals surface area contributed by atoms with E-state index in [1.54, 1.807) is 43.8 Å². The Hall–Kier alpha value is -2.31. The van der Waals surface area contributed by atoms with Gasteiger partial charge in [-0.3, -0.25) is 4.79 Å². The third-order valence-corrected chi connectivity index (χ3v) is 2.75. The molecule has 0 bridgehead atoms. The molecule has 0 fully saturated rings. The van der Waals surface area contributed by atoms with Gasteiger partial charge in [-0.25, -0.2) is 9.18 Å². The lowest BCUT2D eigenvalue weighted by atomic mass is 10.2. The molecular weight excluding hydrogens is 301 g/mol. The van der Waals surface area contributed by atoms with Gasteiger partial charge in [0.05, 0.1) is 11.9 Å². The van der Waals surface area contributed by atoms with E-state index in [2.05, 4.69) is 10.6 Å². The summed E-state index contributed by atoms with van der Waals surface area (Å²) in [5.74, 6) is -0.177. The Morgan fingerprint density at radius 1 is 1.35 bits per heavy atom. The second-order valence-electron chi connectivity index (χ2n) is 6.05. The summed E-state index contributed by atoms with van der Waals surface area (Å²) in [6, 6.07) is 1.65. The van der Waals surface area contributed by atoms with Crippen LogP contribution in [0.15, 0.2) is 30.4 Å². The van der Waals surface area contributed by atoms with Gasteiger partial charge in [-0.2, -0.15) is 0 Å². The summed E-state index contributed by atoms with van der Waals surface area (Å²) in [6.07, 6.45) is 3.15. The third kappa shape index (κ3) is 6.99. The van der Waals surface area contributed by atoms with Gasteiger partial charge in [0.25, 0.3) is 5.91 Å². The van der Waals surface area contributed by atoms with E-state index in [1.165, 1.54) is 0 Å². The number of ether oxygens (including phenoxy) is 1. The molecule has 7 heteroatoms. The number of amides is 2. The molecule has 0 saturated heterocycles. The van der Waals surface area contributed by atoms with Crippen LogP contribution in [0.1, 0.15) is 38.1 Å². The van der Waals surface area contributed by atoms with Crippen LogP contribution in [-0.2, 0) is 11.3 Å². The van der Waals surface area contributed by atoms with E-state index in [-0.39, 0.29) is 19.0 Å². The highest BCUT2D eigenvalue weighted by atomic mass is 19.1. The fraction of sp³-hybridized carbons (Fsp3) is 0.500. The van der Waals surface area contributed by atoms with E-state index in [1.807, 2.05) is 6.92 Å². The average molecular weight is 325 g/mol. The van der Waals surface area contributed by atoms with E-state index in [4.69, 9.17) is 4.74 Å². The Balaban J connectivity index is 2.54. The van der Waals surface area contributed by atoms with Crippen LogP contribution in [-0.4, -0.2) is 35.3 Å². The third-order valence-electron chi connectivity index (χ3n) is 2.75. The van der Waals surface area contributed by atoms with E-state index >= 15 is 0 Å². The number of carbonyl (C=O) groups is 2. The van der Waals surface area contributed by atoms with Gasteiger partial charge >= 0.3 is 6.09 Å². The number of hydrogen-bond acceptors (Lipinski definition) is 3. The van der Waals surface area contributed by atoms with Crippen molar-refractivity contribution in [1.29, 1.82) is 0 Å². The van der Waals surface area contributed by atoms with E-state index < -0.39 is 11.7 Å². The first-order valence-electron chi connectivity index (χ1n) is 7.44. The summed E-state index contributed by atoms with van der Waals surface area (Å²) in [7, 11) is 0. The van der Waals surface area contributed by atoms with Crippen molar-refractivity contribution in [2.24, 2.45) is 0 Å². The van der Waals surface area contributed by atoms with Crippen molar-refractivity contribution in [2.45, 2.75) is 39.8 Å². The minimum atomic E-state index is -0.606. The maximum Gasteiger partial charge on any atom is 0.407 e. The average Bonchev–Trinajstić information content (AvgIpc) is 2.90. The van der Waals surface area contributed by atoms with Crippen molar-refractivity contribution in [1.82, 2.24) is 15.2 Å². The zero-order valence-electron chi connectivity index (χ0n) is 14.0. The molecule has 0 aliphatic rings. The molecule has 2 N–H and O–H groups in total. The van der Waals surface area contributed by atoms with Crippen LogP contribution in [0.25, 0.3) is 0 Å². The molecule has 0 spiro atoms. The van der Waals surface area contributed by atoms with E-state index in [0.29, 0.717) is 24.0 Å². The Morgan fingerprint density at radius 2 is 2.04 bits per heavy atom. The first kappa shape index (κ1) is 18.7. The number of hydrogen-bond donors (Lipinski definition) is 2. The monoisotopic (exact) mass is 325 g/mol. The number of carbonyl (C=O) groups excluding carboxylic acids is 2. The maximum absolute atomic E-state index is 13.0. The molecule has 23 heavy (non-hydrogen) atoms. The molecular formula is C16H24FN3O3. The summed E-state index contributed by atoms with van der Waals surface area (Å²) in [5, 5.41) is 5.19. The normalized spacial score (nSPS) is 12.0. The highest BCUT2D eigenvalue weighted by Gasteiger charge is 2.16. The first-order valence-corrected chi connectivity index (χ1v) is 7.44. The molecule has 0 aliphatic carbocycles. The summed E-state index contributed by atoms with van der Waals surface area (Å²) < 4.78 is 19.7. The second kappa shape index (κ2) is 8.36. The Morgan fingerprint density at radius 3 is 2.61 bits per heavy atom. The largest absolute Gasteiger partial charge is 0.444 e. The summed E-state index contributed by atoms with van der Waals surface area (Å²) in [4.78, 5) is 23.2. The van der Waals surface area contributed by atoms with Gasteiger partial charge in [-0.05, 0) is 39.3 Å². The predicted octanol–water partition coefficient (Wildman–Crippen LogP) is 2.62. The first-order chi connectivity index (χ1) is 10.7. The standard InChI is InChI=1S/C16H24FN3O3/c1-5-18-14(21)13-6-7-20(11-13)10-12(8-17)9-19-15(22)23-16(2,3)4/h6-8,11H,5,9-10H2,1-4H3,(H,18,21)(H,19,22)/b12-8+. The van der Waals surface area contributed by atoms with Crippen LogP contribution in [0.4, 0.5) is 9.18 Å². The molecule has 0 atom stereocenters. The molecule has 1 heterocycles. The molecule has 6 nitrogen and oxygen atoms in total. The molecule has 2 amide bonds. The quantitative estimate of drug-likeness (QED) is 0.844. The SMILES string of the molecule is CCNC(=O)c1ccn(C/C(=C/F)CNC(=O)OC(C)(C)C)c1. The molecule has 1 aromatic heterocycles. The highest BCUT2D eigenvalue weighted by molar-refractivity contribution is 5.93. The minimum absolute atomic E-state index is 0.0279. The van der Waals surface area contributed by atoms with Crippen LogP contribution in [0.3, 0.4) is 0 Å². The number of nitrogens with one attached hydrogen (secondary N) is 2. The molecule has 0 unspecified atom stereocenters. The van der Waals surface area contributed by atoms with Crippen LogP contribution < -0.4 is 10.6 Å². The Bertz CT molecular complexity index is 573. The second-order valence-corrected chi connectivity index (χ2v) is 6.05.